The van der Waals surface area contributed by atoms with Crippen LogP contribution in [0.1, 0.15) is 49.7 Å². The number of likely N-dealkylation sites (tertiary alicyclic amines) is 1. The molecule has 2 aliphatic heterocycles. The van der Waals surface area contributed by atoms with Crippen molar-refractivity contribution in [1.29, 1.82) is 0 Å². The van der Waals surface area contributed by atoms with E-state index in [0.717, 1.165) is 57.3 Å². The zero-order chi connectivity index (χ0) is 20.8. The number of rotatable bonds is 7. The molecule has 2 fully saturated rings. The molecule has 2 heterocycles. The van der Waals surface area contributed by atoms with Gasteiger partial charge in [0.25, 0.3) is 0 Å². The minimum atomic E-state index is -0.422. The van der Waals surface area contributed by atoms with Gasteiger partial charge in [0.2, 0.25) is 0 Å². The molecule has 0 saturated carbocycles. The lowest BCUT2D eigenvalue weighted by atomic mass is 10.0. The van der Waals surface area contributed by atoms with E-state index in [-0.39, 0.29) is 11.8 Å². The third kappa shape index (κ3) is 5.38. The van der Waals surface area contributed by atoms with Crippen molar-refractivity contribution in [3.63, 3.8) is 0 Å². The van der Waals surface area contributed by atoms with Crippen LogP contribution < -0.4 is 4.90 Å². The summed E-state index contributed by atoms with van der Waals surface area (Å²) in [5.41, 5.74) is 2.02. The first kappa shape index (κ1) is 21.3. The minimum Gasteiger partial charge on any atom is -0.371 e. The van der Waals surface area contributed by atoms with Crippen LogP contribution >= 0.6 is 0 Å². The van der Waals surface area contributed by atoms with Crippen LogP contribution in [0.3, 0.4) is 0 Å². The average Bonchev–Trinajstić information content (AvgIpc) is 2.79. The van der Waals surface area contributed by atoms with Gasteiger partial charge in [-0.1, -0.05) is 30.3 Å². The third-order valence-electron chi connectivity index (χ3n) is 6.33. The summed E-state index contributed by atoms with van der Waals surface area (Å²) in [4.78, 5) is 4.33. The molecule has 1 unspecified atom stereocenters. The largest absolute Gasteiger partial charge is 0.371 e. The van der Waals surface area contributed by atoms with Crippen LogP contribution in [0.5, 0.6) is 0 Å². The van der Waals surface area contributed by atoms with E-state index in [0.29, 0.717) is 25.3 Å². The van der Waals surface area contributed by atoms with Crippen LogP contribution in [0.4, 0.5) is 14.5 Å². The molecule has 0 amide bonds. The lowest BCUT2D eigenvalue weighted by Crippen LogP contribution is -2.42. The molecule has 0 N–H and O–H groups in total. The van der Waals surface area contributed by atoms with Gasteiger partial charge in [-0.05, 0) is 62.6 Å². The van der Waals surface area contributed by atoms with E-state index < -0.39 is 11.6 Å². The van der Waals surface area contributed by atoms with Crippen LogP contribution in [0, 0.1) is 11.6 Å². The molecule has 4 rings (SSSR count). The highest BCUT2D eigenvalue weighted by molar-refractivity contribution is 5.49. The number of nitrogens with zero attached hydrogens (tertiary/aromatic N) is 2. The Morgan fingerprint density at radius 1 is 0.867 bits per heavy atom. The summed E-state index contributed by atoms with van der Waals surface area (Å²) < 4.78 is 35.7. The molecule has 2 aliphatic rings. The highest BCUT2D eigenvalue weighted by atomic mass is 19.1. The predicted molar refractivity (Wildman–Crippen MR) is 117 cm³/mol. The van der Waals surface area contributed by atoms with Crippen molar-refractivity contribution in [2.75, 3.05) is 31.1 Å². The van der Waals surface area contributed by atoms with Gasteiger partial charge in [0.05, 0.1) is 6.61 Å². The number of ether oxygens (including phenoxy) is 1. The van der Waals surface area contributed by atoms with Gasteiger partial charge in [-0.3, -0.25) is 4.90 Å². The van der Waals surface area contributed by atoms with E-state index in [1.165, 1.54) is 18.6 Å². The zero-order valence-corrected chi connectivity index (χ0v) is 17.7. The molecular weight excluding hydrogens is 382 g/mol. The van der Waals surface area contributed by atoms with Crippen molar-refractivity contribution in [2.45, 2.75) is 57.8 Å². The summed E-state index contributed by atoms with van der Waals surface area (Å²) >= 11 is 0. The van der Waals surface area contributed by atoms with Crippen molar-refractivity contribution in [1.82, 2.24) is 4.90 Å². The van der Waals surface area contributed by atoms with E-state index in [9.17, 15) is 8.78 Å². The second-order valence-electron chi connectivity index (χ2n) is 8.47. The summed E-state index contributed by atoms with van der Waals surface area (Å²) in [7, 11) is 0. The monoisotopic (exact) mass is 414 g/mol. The van der Waals surface area contributed by atoms with E-state index in [4.69, 9.17) is 4.74 Å². The molecule has 0 aromatic heterocycles. The average molecular weight is 415 g/mol. The van der Waals surface area contributed by atoms with Gasteiger partial charge >= 0.3 is 0 Å². The van der Waals surface area contributed by atoms with Gasteiger partial charge in [-0.25, -0.2) is 8.78 Å². The number of hydrogen-bond acceptors (Lipinski definition) is 3. The number of anilines is 1. The normalized spacial score (nSPS) is 20.5. The smallest absolute Gasteiger partial charge is 0.131 e. The SMILES string of the molecule is Fc1cc(N2CCCCC2)cc(F)c1CCN1CCCCC1OCc1ccccc1. The maximum atomic E-state index is 14.8. The van der Waals surface area contributed by atoms with Crippen LogP contribution in [0.15, 0.2) is 42.5 Å². The Hall–Kier alpha value is -1.98. The Kier molecular flexibility index (Phi) is 7.34. The van der Waals surface area contributed by atoms with E-state index in [1.807, 2.05) is 18.2 Å². The second-order valence-corrected chi connectivity index (χ2v) is 8.47. The van der Waals surface area contributed by atoms with Crippen molar-refractivity contribution in [2.24, 2.45) is 0 Å². The molecule has 162 valence electrons. The Morgan fingerprint density at radius 2 is 1.57 bits per heavy atom. The van der Waals surface area contributed by atoms with E-state index in [1.54, 1.807) is 0 Å². The van der Waals surface area contributed by atoms with Gasteiger partial charge in [0.1, 0.15) is 17.9 Å². The zero-order valence-electron chi connectivity index (χ0n) is 17.7. The summed E-state index contributed by atoms with van der Waals surface area (Å²) in [5, 5.41) is 0. The Bertz CT molecular complexity index is 785. The first-order valence-electron chi connectivity index (χ1n) is 11.3. The molecule has 0 aliphatic carbocycles. The number of halogens is 2. The molecule has 2 aromatic rings. The van der Waals surface area contributed by atoms with Gasteiger partial charge in [0.15, 0.2) is 0 Å². The highest BCUT2D eigenvalue weighted by Crippen LogP contribution is 2.26. The Morgan fingerprint density at radius 3 is 2.30 bits per heavy atom. The minimum absolute atomic E-state index is 0.0118. The van der Waals surface area contributed by atoms with E-state index in [2.05, 4.69) is 21.9 Å². The predicted octanol–water partition coefficient (Wildman–Crippen LogP) is 5.53. The maximum Gasteiger partial charge on any atom is 0.131 e. The molecule has 0 spiro atoms. The standard InChI is InChI=1S/C25H32F2N2O/c26-23-17-21(28-13-6-2-7-14-28)18-24(27)22(23)12-16-29-15-8-5-11-25(29)30-19-20-9-3-1-4-10-20/h1,3-4,9-10,17-18,25H,2,5-8,11-16,19H2. The molecule has 2 aromatic carbocycles. The van der Waals surface area contributed by atoms with E-state index >= 15 is 0 Å². The van der Waals surface area contributed by atoms with Gasteiger partial charge in [-0.2, -0.15) is 0 Å². The van der Waals surface area contributed by atoms with Crippen LogP contribution in [0.25, 0.3) is 0 Å². The number of piperidine rings is 2. The molecule has 30 heavy (non-hydrogen) atoms. The van der Waals surface area contributed by atoms with Crippen LogP contribution in [0.2, 0.25) is 0 Å². The molecule has 1 atom stereocenters. The topological polar surface area (TPSA) is 15.7 Å². The molecule has 3 nitrogen and oxygen atoms in total. The van der Waals surface area contributed by atoms with Crippen molar-refractivity contribution in [3.05, 3.63) is 65.2 Å². The lowest BCUT2D eigenvalue weighted by Gasteiger charge is -2.35. The molecule has 0 radical (unpaired) electrons. The van der Waals surface area contributed by atoms with Crippen LogP contribution in [-0.2, 0) is 17.8 Å². The van der Waals surface area contributed by atoms with Crippen molar-refractivity contribution < 1.29 is 13.5 Å². The Balaban J connectivity index is 1.37. The maximum absolute atomic E-state index is 14.8. The van der Waals surface area contributed by atoms with Crippen molar-refractivity contribution in [3.8, 4) is 0 Å². The fraction of sp³-hybridized carbons (Fsp3) is 0.520. The summed E-state index contributed by atoms with van der Waals surface area (Å²) in [6.45, 7) is 3.85. The Labute approximate surface area is 178 Å². The first-order valence-corrected chi connectivity index (χ1v) is 11.3. The molecule has 2 saturated heterocycles. The van der Waals surface area contributed by atoms with Crippen LogP contribution in [-0.4, -0.2) is 37.3 Å². The second kappa shape index (κ2) is 10.4. The lowest BCUT2D eigenvalue weighted by molar-refractivity contribution is -0.0876. The fourth-order valence-corrected chi connectivity index (χ4v) is 4.59. The molecular formula is C25H32F2N2O. The number of benzene rings is 2. The van der Waals surface area contributed by atoms with Gasteiger partial charge in [0, 0.05) is 37.4 Å². The summed E-state index contributed by atoms with van der Waals surface area (Å²) in [6.07, 6.45) is 6.94. The summed E-state index contributed by atoms with van der Waals surface area (Å²) in [5.74, 6) is -0.844. The van der Waals surface area contributed by atoms with Crippen molar-refractivity contribution >= 4 is 5.69 Å². The van der Waals surface area contributed by atoms with Gasteiger partial charge in [-0.15, -0.1) is 0 Å². The molecule has 5 heteroatoms. The highest BCUT2D eigenvalue weighted by Gasteiger charge is 2.24. The fourth-order valence-electron chi connectivity index (χ4n) is 4.59. The molecule has 0 bridgehead atoms. The number of hydrogen-bond donors (Lipinski definition) is 0. The summed E-state index contributed by atoms with van der Waals surface area (Å²) in [6, 6.07) is 13.2. The van der Waals surface area contributed by atoms with Gasteiger partial charge < -0.3 is 9.64 Å². The third-order valence-corrected chi connectivity index (χ3v) is 6.33. The first-order chi connectivity index (χ1) is 14.7. The quantitative estimate of drug-likeness (QED) is 0.593.